The highest BCUT2D eigenvalue weighted by molar-refractivity contribution is 7.15. The monoisotopic (exact) mass is 280 g/mol. The van der Waals surface area contributed by atoms with Crippen molar-refractivity contribution in [1.29, 1.82) is 0 Å². The van der Waals surface area contributed by atoms with Gasteiger partial charge in [0.15, 0.2) is 10.8 Å². The number of carbonyl (C=O) groups is 1. The summed E-state index contributed by atoms with van der Waals surface area (Å²) in [5.74, 6) is -0.976. The molecule has 2 aromatic heterocycles. The Bertz CT molecular complexity index is 576. The van der Waals surface area contributed by atoms with Crippen molar-refractivity contribution in [1.82, 2.24) is 15.2 Å². The molecule has 6 nitrogen and oxygen atoms in total. The summed E-state index contributed by atoms with van der Waals surface area (Å²) in [5.41, 5.74) is 2.44. The summed E-state index contributed by atoms with van der Waals surface area (Å²) in [6, 6.07) is 0. The summed E-state index contributed by atoms with van der Waals surface area (Å²) >= 11 is 1.37. The van der Waals surface area contributed by atoms with E-state index in [1.54, 1.807) is 6.92 Å². The van der Waals surface area contributed by atoms with Crippen LogP contribution >= 0.6 is 11.3 Å². The molecule has 0 spiro atoms. The number of anilines is 1. The van der Waals surface area contributed by atoms with Crippen molar-refractivity contribution in [3.05, 3.63) is 28.0 Å². The molecule has 0 bridgehead atoms. The fourth-order valence-electron chi connectivity index (χ4n) is 1.77. The third-order valence-corrected chi connectivity index (χ3v) is 3.76. The Morgan fingerprint density at radius 2 is 2.32 bits per heavy atom. The van der Waals surface area contributed by atoms with E-state index in [4.69, 9.17) is 5.11 Å². The van der Waals surface area contributed by atoms with Gasteiger partial charge >= 0.3 is 5.97 Å². The smallest absolute Gasteiger partial charge is 0.355 e. The van der Waals surface area contributed by atoms with Gasteiger partial charge in [0.25, 0.3) is 0 Å². The lowest BCUT2D eigenvalue weighted by Crippen LogP contribution is -2.04. The Morgan fingerprint density at radius 1 is 1.53 bits per heavy atom. The molecule has 0 aliphatic carbocycles. The summed E-state index contributed by atoms with van der Waals surface area (Å²) in [6.45, 7) is 4.52. The Labute approximate surface area is 114 Å². The van der Waals surface area contributed by atoms with Crippen LogP contribution in [-0.2, 0) is 6.42 Å². The van der Waals surface area contributed by atoms with Crippen LogP contribution in [0.1, 0.15) is 33.0 Å². The molecular formula is C12H16N4O2S. The van der Waals surface area contributed by atoms with Gasteiger partial charge in [-0.1, -0.05) is 0 Å². The number of rotatable bonds is 6. The number of carboxylic acid groups (broad SMARTS) is 1. The first kappa shape index (κ1) is 13.5. The predicted octanol–water partition coefficient (Wildman–Crippen LogP) is 2.23. The molecule has 7 heteroatoms. The number of hydrogen-bond acceptors (Lipinski definition) is 5. The SMILES string of the molecule is Cc1[nH]ncc1CCCNc1nc(C(=O)O)c(C)s1. The first-order valence-corrected chi connectivity index (χ1v) is 6.83. The van der Waals surface area contributed by atoms with Crippen molar-refractivity contribution in [2.45, 2.75) is 26.7 Å². The van der Waals surface area contributed by atoms with Gasteiger partial charge in [0.1, 0.15) is 0 Å². The predicted molar refractivity (Wildman–Crippen MR) is 73.9 cm³/mol. The van der Waals surface area contributed by atoms with E-state index in [1.165, 1.54) is 16.9 Å². The molecule has 19 heavy (non-hydrogen) atoms. The van der Waals surface area contributed by atoms with Gasteiger partial charge in [0.05, 0.1) is 6.20 Å². The molecule has 3 N–H and O–H groups in total. The lowest BCUT2D eigenvalue weighted by Gasteiger charge is -2.01. The zero-order chi connectivity index (χ0) is 13.8. The highest BCUT2D eigenvalue weighted by atomic mass is 32.1. The third-order valence-electron chi connectivity index (χ3n) is 2.83. The average Bonchev–Trinajstić information content (AvgIpc) is 2.91. The molecule has 0 saturated carbocycles. The van der Waals surface area contributed by atoms with Crippen molar-refractivity contribution >= 4 is 22.4 Å². The van der Waals surface area contributed by atoms with Gasteiger partial charge in [-0.3, -0.25) is 5.10 Å². The zero-order valence-corrected chi connectivity index (χ0v) is 11.7. The minimum Gasteiger partial charge on any atom is -0.476 e. The molecule has 0 saturated heterocycles. The number of nitrogens with one attached hydrogen (secondary N) is 2. The number of aryl methyl sites for hydroxylation is 3. The molecule has 0 aromatic carbocycles. The van der Waals surface area contributed by atoms with Gasteiger partial charge in [-0.2, -0.15) is 5.10 Å². The fraction of sp³-hybridized carbons (Fsp3) is 0.417. The van der Waals surface area contributed by atoms with Gasteiger partial charge in [0.2, 0.25) is 0 Å². The van der Waals surface area contributed by atoms with E-state index in [0.29, 0.717) is 5.13 Å². The Balaban J connectivity index is 1.81. The number of H-pyrrole nitrogens is 1. The molecule has 0 amide bonds. The fourth-order valence-corrected chi connectivity index (χ4v) is 2.60. The van der Waals surface area contributed by atoms with E-state index >= 15 is 0 Å². The molecule has 2 aromatic rings. The minimum atomic E-state index is -0.976. The second-order valence-electron chi connectivity index (χ2n) is 4.28. The number of aromatic amines is 1. The summed E-state index contributed by atoms with van der Waals surface area (Å²) in [6.07, 6.45) is 3.72. The van der Waals surface area contributed by atoms with Crippen molar-refractivity contribution in [2.24, 2.45) is 0 Å². The number of aromatic carboxylic acids is 1. The largest absolute Gasteiger partial charge is 0.476 e. The van der Waals surface area contributed by atoms with Gasteiger partial charge in [0, 0.05) is 17.1 Å². The van der Waals surface area contributed by atoms with Gasteiger partial charge in [-0.25, -0.2) is 9.78 Å². The van der Waals surface area contributed by atoms with Gasteiger partial charge in [-0.15, -0.1) is 11.3 Å². The van der Waals surface area contributed by atoms with Crippen molar-refractivity contribution < 1.29 is 9.90 Å². The normalized spacial score (nSPS) is 10.6. The zero-order valence-electron chi connectivity index (χ0n) is 10.9. The van der Waals surface area contributed by atoms with Crippen LogP contribution in [-0.4, -0.2) is 32.8 Å². The van der Waals surface area contributed by atoms with Crippen LogP contribution in [0.5, 0.6) is 0 Å². The number of thiazole rings is 1. The molecule has 0 radical (unpaired) electrons. The Morgan fingerprint density at radius 3 is 2.89 bits per heavy atom. The molecule has 0 aliphatic heterocycles. The summed E-state index contributed by atoms with van der Waals surface area (Å²) in [7, 11) is 0. The Hall–Kier alpha value is -1.89. The first-order valence-electron chi connectivity index (χ1n) is 6.01. The summed E-state index contributed by atoms with van der Waals surface area (Å²) in [5, 5.41) is 19.6. The highest BCUT2D eigenvalue weighted by Gasteiger charge is 2.13. The van der Waals surface area contributed by atoms with Crippen LogP contribution in [0.3, 0.4) is 0 Å². The van der Waals surface area contributed by atoms with Crippen LogP contribution < -0.4 is 5.32 Å². The number of carboxylic acids is 1. The number of nitrogens with zero attached hydrogens (tertiary/aromatic N) is 2. The standard InChI is InChI=1S/C12H16N4O2S/c1-7-9(6-14-16-7)4-3-5-13-12-15-10(11(17)18)8(2)19-12/h6H,3-5H2,1-2H3,(H,13,15)(H,14,16)(H,17,18). The second kappa shape index (κ2) is 5.83. The van der Waals surface area contributed by atoms with E-state index in [9.17, 15) is 4.79 Å². The average molecular weight is 280 g/mol. The van der Waals surface area contributed by atoms with E-state index in [2.05, 4.69) is 20.5 Å². The molecule has 2 heterocycles. The lowest BCUT2D eigenvalue weighted by molar-refractivity contribution is 0.0690. The first-order chi connectivity index (χ1) is 9.08. The van der Waals surface area contributed by atoms with E-state index in [-0.39, 0.29) is 5.69 Å². The van der Waals surface area contributed by atoms with Crippen molar-refractivity contribution in [3.8, 4) is 0 Å². The van der Waals surface area contributed by atoms with Crippen molar-refractivity contribution in [2.75, 3.05) is 11.9 Å². The van der Waals surface area contributed by atoms with E-state index in [1.807, 2.05) is 13.1 Å². The molecule has 0 unspecified atom stereocenters. The number of aromatic nitrogens is 3. The quantitative estimate of drug-likeness (QED) is 0.706. The lowest BCUT2D eigenvalue weighted by atomic mass is 10.1. The topological polar surface area (TPSA) is 90.9 Å². The molecular weight excluding hydrogens is 264 g/mol. The number of hydrogen-bond donors (Lipinski definition) is 3. The highest BCUT2D eigenvalue weighted by Crippen LogP contribution is 2.21. The molecule has 102 valence electrons. The van der Waals surface area contributed by atoms with Crippen LogP contribution in [0.2, 0.25) is 0 Å². The van der Waals surface area contributed by atoms with E-state index in [0.717, 1.165) is 30.0 Å². The van der Waals surface area contributed by atoms with Crippen LogP contribution in [0.25, 0.3) is 0 Å². The van der Waals surface area contributed by atoms with Crippen LogP contribution in [0, 0.1) is 13.8 Å². The summed E-state index contributed by atoms with van der Waals surface area (Å²) < 4.78 is 0. The Kier molecular flexibility index (Phi) is 4.16. The maximum absolute atomic E-state index is 10.9. The van der Waals surface area contributed by atoms with Crippen LogP contribution in [0.15, 0.2) is 6.20 Å². The summed E-state index contributed by atoms with van der Waals surface area (Å²) in [4.78, 5) is 15.6. The maximum atomic E-state index is 10.9. The van der Waals surface area contributed by atoms with Crippen LogP contribution in [0.4, 0.5) is 5.13 Å². The second-order valence-corrected chi connectivity index (χ2v) is 5.48. The third kappa shape index (κ3) is 3.31. The van der Waals surface area contributed by atoms with Gasteiger partial charge in [-0.05, 0) is 32.3 Å². The molecule has 0 aliphatic rings. The maximum Gasteiger partial charge on any atom is 0.355 e. The van der Waals surface area contributed by atoms with Crippen molar-refractivity contribution in [3.63, 3.8) is 0 Å². The minimum absolute atomic E-state index is 0.137. The molecule has 0 fully saturated rings. The van der Waals surface area contributed by atoms with E-state index < -0.39 is 5.97 Å². The molecule has 2 rings (SSSR count). The van der Waals surface area contributed by atoms with Gasteiger partial charge < -0.3 is 10.4 Å². The molecule has 0 atom stereocenters.